The summed E-state index contributed by atoms with van der Waals surface area (Å²) in [6.07, 6.45) is 10.2. The second-order valence-corrected chi connectivity index (χ2v) is 9.35. The Morgan fingerprint density at radius 3 is 2.62 bits per heavy atom. The summed E-state index contributed by atoms with van der Waals surface area (Å²) in [5, 5.41) is 25.0. The van der Waals surface area contributed by atoms with Crippen LogP contribution in [0.3, 0.4) is 0 Å². The van der Waals surface area contributed by atoms with Crippen LogP contribution in [0.5, 0.6) is 5.75 Å². The van der Waals surface area contributed by atoms with E-state index in [0.29, 0.717) is 47.7 Å². The van der Waals surface area contributed by atoms with Crippen molar-refractivity contribution in [2.24, 2.45) is 5.92 Å². The Morgan fingerprint density at radius 1 is 1.16 bits per heavy atom. The second kappa shape index (κ2) is 10.8. The highest BCUT2D eigenvalue weighted by Gasteiger charge is 2.25. The molecule has 0 bridgehead atoms. The highest BCUT2D eigenvalue weighted by atomic mass is 16.6. The average molecular weight is 503 g/mol. The minimum Gasteiger partial charge on any atom is -0.481 e. The highest BCUT2D eigenvalue weighted by Crippen LogP contribution is 2.37. The molecule has 3 heterocycles. The van der Waals surface area contributed by atoms with Gasteiger partial charge >= 0.3 is 5.69 Å². The number of hydrogen-bond acceptors (Lipinski definition) is 10. The third-order valence-electron chi connectivity index (χ3n) is 6.81. The van der Waals surface area contributed by atoms with Gasteiger partial charge in [-0.3, -0.25) is 19.9 Å². The summed E-state index contributed by atoms with van der Waals surface area (Å²) in [4.78, 5) is 36.9. The van der Waals surface area contributed by atoms with E-state index in [2.05, 4.69) is 26.3 Å². The molecule has 1 aliphatic heterocycles. The molecule has 1 N–H and O–H groups in total. The average Bonchev–Trinajstić information content (AvgIpc) is 3.43. The molecule has 11 heteroatoms. The number of rotatable bonds is 8. The van der Waals surface area contributed by atoms with E-state index in [1.54, 1.807) is 0 Å². The fraction of sp³-hybridized carbons (Fsp3) is 0.423. The molecule has 1 saturated carbocycles. The molecule has 0 spiro atoms. The van der Waals surface area contributed by atoms with Gasteiger partial charge in [-0.15, -0.1) is 0 Å². The Morgan fingerprint density at radius 2 is 1.95 bits per heavy atom. The zero-order valence-electron chi connectivity index (χ0n) is 20.2. The molecule has 0 amide bonds. The van der Waals surface area contributed by atoms with Gasteiger partial charge in [-0.25, -0.2) is 9.97 Å². The van der Waals surface area contributed by atoms with Crippen LogP contribution in [0.4, 0.5) is 17.1 Å². The van der Waals surface area contributed by atoms with Crippen molar-refractivity contribution in [1.82, 2.24) is 15.0 Å². The van der Waals surface area contributed by atoms with Gasteiger partial charge in [0.25, 0.3) is 0 Å². The smallest absolute Gasteiger partial charge is 0.311 e. The lowest BCUT2D eigenvalue weighted by molar-refractivity contribution is -0.385. The van der Waals surface area contributed by atoms with Gasteiger partial charge < -0.3 is 14.8 Å². The number of anilines is 2. The van der Waals surface area contributed by atoms with E-state index in [9.17, 15) is 20.2 Å². The van der Waals surface area contributed by atoms with Crippen LogP contribution in [0.2, 0.25) is 0 Å². The zero-order chi connectivity index (χ0) is 25.8. The number of aromatic nitrogens is 3. The van der Waals surface area contributed by atoms with E-state index >= 15 is 0 Å². The van der Waals surface area contributed by atoms with Gasteiger partial charge in [0, 0.05) is 36.1 Å². The van der Waals surface area contributed by atoms with Crippen molar-refractivity contribution < 1.29 is 19.2 Å². The molecular weight excluding hydrogens is 476 g/mol. The Bertz CT molecular complexity index is 1360. The van der Waals surface area contributed by atoms with Crippen molar-refractivity contribution in [3.8, 4) is 11.8 Å². The second-order valence-electron chi connectivity index (χ2n) is 9.35. The van der Waals surface area contributed by atoms with Crippen LogP contribution in [0.1, 0.15) is 49.9 Å². The number of hydrogen-bond donors (Lipinski definition) is 1. The third-order valence-corrected chi connectivity index (χ3v) is 6.81. The van der Waals surface area contributed by atoms with Gasteiger partial charge in [0.2, 0.25) is 0 Å². The zero-order valence-corrected chi connectivity index (χ0v) is 20.2. The van der Waals surface area contributed by atoms with E-state index in [0.717, 1.165) is 25.7 Å². The van der Waals surface area contributed by atoms with Crippen LogP contribution in [0.15, 0.2) is 30.7 Å². The molecular formula is C26H26N6O5. The molecule has 190 valence electrons. The van der Waals surface area contributed by atoms with Crippen molar-refractivity contribution in [2.45, 2.75) is 51.0 Å². The van der Waals surface area contributed by atoms with Gasteiger partial charge in [-0.2, -0.15) is 5.26 Å². The van der Waals surface area contributed by atoms with Crippen molar-refractivity contribution in [1.29, 1.82) is 5.26 Å². The summed E-state index contributed by atoms with van der Waals surface area (Å²) >= 11 is 0. The predicted molar refractivity (Wildman–Crippen MR) is 134 cm³/mol. The standard InChI is InChI=1S/C26H26N6O5/c27-11-17-12-28-21-9-24(37-19-6-7-36-15-19)22(32(34)35)8-20(21)26(17)31-18-13-29-25(30-14-18)10-23(33)16-4-2-1-3-5-16/h8-9,12-14,16,19H,1-7,10,15H2,(H,28,31). The molecule has 1 atom stereocenters. The largest absolute Gasteiger partial charge is 0.481 e. The SMILES string of the molecule is N#Cc1cnc2cc(OC3CCOC3)c([N+](=O)[O-])cc2c1Nc1cnc(CC(=O)C2CCCCC2)nc1. The van der Waals surface area contributed by atoms with Crippen molar-refractivity contribution in [2.75, 3.05) is 18.5 Å². The lowest BCUT2D eigenvalue weighted by Crippen LogP contribution is -2.20. The van der Waals surface area contributed by atoms with E-state index in [4.69, 9.17) is 9.47 Å². The molecule has 1 aromatic carbocycles. The minimum absolute atomic E-state index is 0.0855. The number of nitriles is 1. The van der Waals surface area contributed by atoms with E-state index in [1.807, 2.05) is 0 Å². The quantitative estimate of drug-likeness (QED) is 0.346. The topological polar surface area (TPSA) is 153 Å². The number of nitrogens with one attached hydrogen (secondary N) is 1. The molecule has 1 saturated heterocycles. The lowest BCUT2D eigenvalue weighted by atomic mass is 9.85. The van der Waals surface area contributed by atoms with Gasteiger partial charge in [-0.1, -0.05) is 19.3 Å². The number of nitro groups is 1. The molecule has 2 fully saturated rings. The summed E-state index contributed by atoms with van der Waals surface area (Å²) in [6, 6.07) is 4.94. The number of carbonyl (C=O) groups is 1. The summed E-state index contributed by atoms with van der Waals surface area (Å²) in [6.45, 7) is 0.907. The van der Waals surface area contributed by atoms with Crippen LogP contribution in [-0.4, -0.2) is 45.0 Å². The van der Waals surface area contributed by atoms with Crippen molar-refractivity contribution >= 4 is 33.7 Å². The fourth-order valence-electron chi connectivity index (χ4n) is 4.83. The summed E-state index contributed by atoms with van der Waals surface area (Å²) in [5.74, 6) is 0.796. The lowest BCUT2D eigenvalue weighted by Gasteiger charge is -2.19. The molecule has 0 radical (unpaired) electrons. The number of fused-ring (bicyclic) bond motifs is 1. The van der Waals surface area contributed by atoms with E-state index in [1.165, 1.54) is 37.1 Å². The summed E-state index contributed by atoms with van der Waals surface area (Å²) in [5.41, 5.74) is 1.23. The first-order chi connectivity index (χ1) is 18.0. The van der Waals surface area contributed by atoms with Crippen LogP contribution < -0.4 is 10.1 Å². The molecule has 2 aliphatic rings. The van der Waals surface area contributed by atoms with Crippen LogP contribution in [0, 0.1) is 27.4 Å². The number of ketones is 1. The van der Waals surface area contributed by atoms with Crippen molar-refractivity contribution in [3.63, 3.8) is 0 Å². The molecule has 1 aliphatic carbocycles. The number of benzene rings is 1. The summed E-state index contributed by atoms with van der Waals surface area (Å²) < 4.78 is 11.1. The van der Waals surface area contributed by atoms with Gasteiger partial charge in [0.1, 0.15) is 23.8 Å². The molecule has 5 rings (SSSR count). The first-order valence-electron chi connectivity index (χ1n) is 12.4. The molecule has 37 heavy (non-hydrogen) atoms. The minimum atomic E-state index is -0.519. The molecule has 1 unspecified atom stereocenters. The Hall–Kier alpha value is -4.17. The Kier molecular flexibility index (Phi) is 7.18. The van der Waals surface area contributed by atoms with Gasteiger partial charge in [0.15, 0.2) is 5.75 Å². The Labute approximate surface area is 213 Å². The number of Topliss-reactive ketones (excluding diaryl/α,β-unsaturated/α-hetero) is 1. The number of nitro benzene ring substituents is 1. The third kappa shape index (κ3) is 5.49. The molecule has 3 aromatic rings. The fourth-order valence-corrected chi connectivity index (χ4v) is 4.83. The maximum absolute atomic E-state index is 12.6. The number of pyridine rings is 1. The van der Waals surface area contributed by atoms with E-state index < -0.39 is 4.92 Å². The number of carbonyl (C=O) groups excluding carboxylic acids is 1. The number of ether oxygens (including phenoxy) is 2. The summed E-state index contributed by atoms with van der Waals surface area (Å²) in [7, 11) is 0. The van der Waals surface area contributed by atoms with Crippen LogP contribution >= 0.6 is 0 Å². The van der Waals surface area contributed by atoms with Gasteiger partial charge in [0.05, 0.1) is 59.4 Å². The highest BCUT2D eigenvalue weighted by molar-refractivity contribution is 5.98. The van der Waals surface area contributed by atoms with Crippen LogP contribution in [-0.2, 0) is 16.0 Å². The number of nitrogens with zero attached hydrogens (tertiary/aromatic N) is 5. The Balaban J connectivity index is 1.41. The van der Waals surface area contributed by atoms with Crippen molar-refractivity contribution in [3.05, 3.63) is 52.2 Å². The maximum Gasteiger partial charge on any atom is 0.311 e. The maximum atomic E-state index is 12.6. The predicted octanol–water partition coefficient (Wildman–Crippen LogP) is 4.41. The normalized spacial score (nSPS) is 17.9. The molecule has 11 nitrogen and oxygen atoms in total. The molecule has 2 aromatic heterocycles. The van der Waals surface area contributed by atoms with E-state index in [-0.39, 0.29) is 41.2 Å². The van der Waals surface area contributed by atoms with Crippen LogP contribution in [0.25, 0.3) is 10.9 Å². The first kappa shape index (κ1) is 24.5. The first-order valence-corrected chi connectivity index (χ1v) is 12.4. The van der Waals surface area contributed by atoms with Gasteiger partial charge in [-0.05, 0) is 12.8 Å². The monoisotopic (exact) mass is 502 g/mol.